The Kier molecular flexibility index (Phi) is 5.59. The lowest BCUT2D eigenvalue weighted by atomic mass is 10.1. The standard InChI is InChI=1S/C21H23N5O3/c1-4-13-8-14(10-16(9-13)29-3)6-7-17-19(21(23)28)20(22)26(24-17)15-11-25(12-15)18(27)5-2/h5,8-10,15H,2,4,11-12,22H2,1,3H3,(H2,23,28). The normalized spacial score (nSPS) is 13.2. The third kappa shape index (κ3) is 3.94. The quantitative estimate of drug-likeness (QED) is 0.583. The van der Waals surface area contributed by atoms with Crippen molar-refractivity contribution < 1.29 is 14.3 Å². The number of nitrogens with zero attached hydrogens (tertiary/aromatic N) is 3. The van der Waals surface area contributed by atoms with E-state index in [2.05, 4.69) is 23.5 Å². The van der Waals surface area contributed by atoms with Gasteiger partial charge in [0.05, 0.1) is 13.2 Å². The number of hydrogen-bond acceptors (Lipinski definition) is 5. The molecule has 0 aliphatic carbocycles. The van der Waals surface area contributed by atoms with Crippen LogP contribution in [0.2, 0.25) is 0 Å². The molecule has 0 saturated carbocycles. The number of anilines is 1. The Morgan fingerprint density at radius 2 is 2.07 bits per heavy atom. The molecule has 0 radical (unpaired) electrons. The summed E-state index contributed by atoms with van der Waals surface area (Å²) in [5.41, 5.74) is 13.7. The fourth-order valence-electron chi connectivity index (χ4n) is 3.16. The molecule has 1 aromatic heterocycles. The number of aryl methyl sites for hydroxylation is 1. The molecule has 29 heavy (non-hydrogen) atoms. The minimum absolute atomic E-state index is 0.0876. The zero-order valence-corrected chi connectivity index (χ0v) is 16.4. The maximum atomic E-state index is 11.9. The number of carbonyl (C=O) groups excluding carboxylic acids is 2. The Balaban J connectivity index is 1.93. The number of rotatable bonds is 5. The Morgan fingerprint density at radius 3 is 2.66 bits per heavy atom. The van der Waals surface area contributed by atoms with Gasteiger partial charge in [0.25, 0.3) is 5.91 Å². The lowest BCUT2D eigenvalue weighted by Gasteiger charge is -2.38. The number of aromatic nitrogens is 2. The van der Waals surface area contributed by atoms with Gasteiger partial charge < -0.3 is 21.1 Å². The number of hydrogen-bond donors (Lipinski definition) is 2. The first-order valence-corrected chi connectivity index (χ1v) is 9.17. The van der Waals surface area contributed by atoms with Crippen molar-refractivity contribution in [1.82, 2.24) is 14.7 Å². The van der Waals surface area contributed by atoms with Crippen LogP contribution in [0.1, 0.15) is 40.1 Å². The van der Waals surface area contributed by atoms with Crippen LogP contribution in [0.3, 0.4) is 0 Å². The first-order valence-electron chi connectivity index (χ1n) is 9.17. The van der Waals surface area contributed by atoms with Gasteiger partial charge in [0.15, 0.2) is 5.69 Å². The lowest BCUT2D eigenvalue weighted by molar-refractivity contribution is -0.131. The molecule has 0 atom stereocenters. The molecule has 150 valence electrons. The van der Waals surface area contributed by atoms with Crippen LogP contribution in [0, 0.1) is 11.8 Å². The Labute approximate surface area is 169 Å². The highest BCUT2D eigenvalue weighted by molar-refractivity contribution is 5.99. The van der Waals surface area contributed by atoms with E-state index in [9.17, 15) is 9.59 Å². The second-order valence-corrected chi connectivity index (χ2v) is 6.69. The predicted molar refractivity (Wildman–Crippen MR) is 109 cm³/mol. The number of nitrogens with two attached hydrogens (primary N) is 2. The average molecular weight is 393 g/mol. The van der Waals surface area contributed by atoms with Crippen LogP contribution in [-0.2, 0) is 11.2 Å². The number of ether oxygens (including phenoxy) is 1. The van der Waals surface area contributed by atoms with E-state index in [1.54, 1.807) is 18.1 Å². The molecular weight excluding hydrogens is 370 g/mol. The number of likely N-dealkylation sites (tertiary alicyclic amines) is 1. The number of benzene rings is 1. The van der Waals surface area contributed by atoms with Crippen molar-refractivity contribution in [2.75, 3.05) is 25.9 Å². The van der Waals surface area contributed by atoms with Crippen molar-refractivity contribution in [1.29, 1.82) is 0 Å². The molecule has 1 aliphatic rings. The van der Waals surface area contributed by atoms with E-state index in [1.165, 1.54) is 10.8 Å². The molecule has 0 bridgehead atoms. The Hall–Kier alpha value is -3.73. The van der Waals surface area contributed by atoms with Crippen molar-refractivity contribution in [2.45, 2.75) is 19.4 Å². The van der Waals surface area contributed by atoms with Gasteiger partial charge in [-0.05, 0) is 42.2 Å². The van der Waals surface area contributed by atoms with Gasteiger partial charge in [0.2, 0.25) is 5.91 Å². The third-order valence-electron chi connectivity index (χ3n) is 4.82. The molecule has 2 aromatic rings. The summed E-state index contributed by atoms with van der Waals surface area (Å²) in [6.45, 7) is 6.37. The number of primary amides is 1. The van der Waals surface area contributed by atoms with Crippen LogP contribution in [0.5, 0.6) is 5.75 Å². The summed E-state index contributed by atoms with van der Waals surface area (Å²) in [5, 5.41) is 4.40. The number of nitrogen functional groups attached to an aromatic ring is 1. The molecule has 2 amide bonds. The Morgan fingerprint density at radius 1 is 1.34 bits per heavy atom. The van der Waals surface area contributed by atoms with Crippen LogP contribution < -0.4 is 16.2 Å². The summed E-state index contributed by atoms with van der Waals surface area (Å²) in [7, 11) is 1.60. The van der Waals surface area contributed by atoms with Gasteiger partial charge in [-0.15, -0.1) is 0 Å². The van der Waals surface area contributed by atoms with Crippen molar-refractivity contribution >= 4 is 17.6 Å². The van der Waals surface area contributed by atoms with Gasteiger partial charge in [-0.2, -0.15) is 5.10 Å². The second-order valence-electron chi connectivity index (χ2n) is 6.69. The van der Waals surface area contributed by atoms with E-state index < -0.39 is 5.91 Å². The van der Waals surface area contributed by atoms with Crippen LogP contribution in [0.25, 0.3) is 0 Å². The molecule has 2 heterocycles. The van der Waals surface area contributed by atoms with Crippen LogP contribution in [0.4, 0.5) is 5.82 Å². The van der Waals surface area contributed by atoms with E-state index in [0.29, 0.717) is 18.8 Å². The van der Waals surface area contributed by atoms with Crippen LogP contribution in [0.15, 0.2) is 30.9 Å². The lowest BCUT2D eigenvalue weighted by Crippen LogP contribution is -2.50. The highest BCUT2D eigenvalue weighted by Crippen LogP contribution is 2.27. The average Bonchev–Trinajstić information content (AvgIpc) is 3.00. The van der Waals surface area contributed by atoms with E-state index in [-0.39, 0.29) is 29.0 Å². The van der Waals surface area contributed by atoms with Gasteiger partial charge in [-0.1, -0.05) is 19.4 Å². The first-order chi connectivity index (χ1) is 13.9. The molecule has 1 aliphatic heterocycles. The topological polar surface area (TPSA) is 116 Å². The highest BCUT2D eigenvalue weighted by Gasteiger charge is 2.34. The summed E-state index contributed by atoms with van der Waals surface area (Å²) in [5.74, 6) is 5.91. The summed E-state index contributed by atoms with van der Waals surface area (Å²) in [4.78, 5) is 25.2. The van der Waals surface area contributed by atoms with E-state index in [4.69, 9.17) is 16.2 Å². The molecule has 1 saturated heterocycles. The van der Waals surface area contributed by atoms with Gasteiger partial charge in [0, 0.05) is 18.7 Å². The Bertz CT molecular complexity index is 1020. The van der Waals surface area contributed by atoms with E-state index >= 15 is 0 Å². The summed E-state index contributed by atoms with van der Waals surface area (Å²) in [6.07, 6.45) is 2.09. The fraction of sp³-hybridized carbons (Fsp3) is 0.286. The number of carbonyl (C=O) groups is 2. The summed E-state index contributed by atoms with van der Waals surface area (Å²) >= 11 is 0. The molecule has 4 N–H and O–H groups in total. The van der Waals surface area contributed by atoms with Crippen molar-refractivity contribution in [2.24, 2.45) is 5.73 Å². The van der Waals surface area contributed by atoms with Gasteiger partial charge >= 0.3 is 0 Å². The molecule has 0 spiro atoms. The van der Waals surface area contributed by atoms with Crippen LogP contribution in [-0.4, -0.2) is 46.7 Å². The van der Waals surface area contributed by atoms with Gasteiger partial charge in [-0.3, -0.25) is 9.59 Å². The fourth-order valence-corrected chi connectivity index (χ4v) is 3.16. The number of methoxy groups -OCH3 is 1. The minimum Gasteiger partial charge on any atom is -0.497 e. The number of amides is 2. The molecule has 8 nitrogen and oxygen atoms in total. The maximum absolute atomic E-state index is 11.9. The summed E-state index contributed by atoms with van der Waals surface area (Å²) < 4.78 is 6.82. The molecule has 0 unspecified atom stereocenters. The summed E-state index contributed by atoms with van der Waals surface area (Å²) in [6, 6.07) is 5.56. The minimum atomic E-state index is -0.698. The molecule has 1 fully saturated rings. The monoisotopic (exact) mass is 393 g/mol. The van der Waals surface area contributed by atoms with Crippen molar-refractivity contribution in [3.63, 3.8) is 0 Å². The maximum Gasteiger partial charge on any atom is 0.255 e. The zero-order chi connectivity index (χ0) is 21.1. The highest BCUT2D eigenvalue weighted by atomic mass is 16.5. The first kappa shape index (κ1) is 20.0. The zero-order valence-electron chi connectivity index (χ0n) is 16.4. The molecular formula is C21H23N5O3. The van der Waals surface area contributed by atoms with Gasteiger partial charge in [0.1, 0.15) is 17.1 Å². The largest absolute Gasteiger partial charge is 0.497 e. The van der Waals surface area contributed by atoms with Gasteiger partial charge in [-0.25, -0.2) is 4.68 Å². The molecule has 3 rings (SSSR count). The third-order valence-corrected chi connectivity index (χ3v) is 4.82. The smallest absolute Gasteiger partial charge is 0.255 e. The van der Waals surface area contributed by atoms with Crippen molar-refractivity contribution in [3.8, 4) is 17.6 Å². The molecule has 1 aromatic carbocycles. The van der Waals surface area contributed by atoms with Crippen LogP contribution >= 0.6 is 0 Å². The SMILES string of the molecule is C=CC(=O)N1CC(n2nc(C#Cc3cc(CC)cc(OC)c3)c(C(N)=O)c2N)C1. The van der Waals surface area contributed by atoms with E-state index in [1.807, 2.05) is 19.1 Å². The van der Waals surface area contributed by atoms with E-state index in [0.717, 1.165) is 17.5 Å². The van der Waals surface area contributed by atoms with Crippen molar-refractivity contribution in [3.05, 3.63) is 53.2 Å². The predicted octanol–water partition coefficient (Wildman–Crippen LogP) is 1.10. The molecule has 8 heteroatoms. The second kappa shape index (κ2) is 8.10.